The Morgan fingerprint density at radius 1 is 0.240 bits per heavy atom. The van der Waals surface area contributed by atoms with E-state index in [4.69, 9.17) is 0 Å². The normalized spacial score (nSPS) is 14.5. The van der Waals surface area contributed by atoms with Crippen molar-refractivity contribution in [3.8, 4) is 0 Å². The van der Waals surface area contributed by atoms with Crippen LogP contribution in [0.2, 0.25) is 10.6 Å². The van der Waals surface area contributed by atoms with Crippen LogP contribution in [0.5, 0.6) is 0 Å². The van der Waals surface area contributed by atoms with Crippen molar-refractivity contribution in [1.29, 1.82) is 0 Å². The maximum absolute atomic E-state index is 13.5. The Hall–Kier alpha value is -0.221. The molecule has 0 aromatic rings. The first-order valence-electron chi connectivity index (χ1n) is 16.4. The molecular formula is C30H44F18Se2. The fraction of sp³-hybridized carbons (Fsp3) is 1.00. The van der Waals surface area contributed by atoms with Gasteiger partial charge in [-0.05, 0) is 0 Å². The van der Waals surface area contributed by atoms with Gasteiger partial charge in [0, 0.05) is 0 Å². The Kier molecular flexibility index (Phi) is 21.5. The van der Waals surface area contributed by atoms with Gasteiger partial charge in [0.15, 0.2) is 0 Å². The summed E-state index contributed by atoms with van der Waals surface area (Å²) in [4.78, 5) is 0. The molecule has 0 nitrogen and oxygen atoms in total. The number of alkyl halides is 18. The summed E-state index contributed by atoms with van der Waals surface area (Å²) < 4.78 is 231. The number of hydrogen-bond acceptors (Lipinski definition) is 0. The predicted octanol–water partition coefficient (Wildman–Crippen LogP) is 13.9. The summed E-state index contributed by atoms with van der Waals surface area (Å²) in [6.45, 7) is 0. The van der Waals surface area contributed by atoms with Gasteiger partial charge in [-0.2, -0.15) is 79.0 Å². The third kappa shape index (κ3) is 15.3. The smallest absolute Gasteiger partial charge is 0.200 e. The summed E-state index contributed by atoms with van der Waals surface area (Å²) >= 11 is 1.11. The summed E-state index contributed by atoms with van der Waals surface area (Å²) in [7, 11) is 0. The number of rotatable bonds is 29. The van der Waals surface area contributed by atoms with Crippen molar-refractivity contribution in [2.45, 2.75) is 187 Å². The van der Waals surface area contributed by atoms with E-state index in [1.54, 1.807) is 0 Å². The Morgan fingerprint density at radius 3 is 0.660 bits per heavy atom. The Balaban J connectivity index is 3.68. The molecule has 0 aliphatic rings. The van der Waals surface area contributed by atoms with Gasteiger partial charge in [-0.25, -0.2) is 0 Å². The monoisotopic (exact) mass is 906 g/mol. The zero-order valence-electron chi connectivity index (χ0n) is 27.2. The Labute approximate surface area is 291 Å². The first-order valence-corrected chi connectivity index (χ1v) is 23.1. The summed E-state index contributed by atoms with van der Waals surface area (Å²) in [5.74, 6) is -37.8. The topological polar surface area (TPSA) is 0 Å². The van der Waals surface area contributed by atoms with Crippen molar-refractivity contribution < 1.29 is 79.0 Å². The first kappa shape index (κ1) is 49.8. The number of unbranched alkanes of at least 4 members (excludes halogenated alkanes) is 16. The molecule has 0 fully saturated rings. The van der Waals surface area contributed by atoms with Crippen LogP contribution < -0.4 is 0 Å². The third-order valence-corrected chi connectivity index (χ3v) is 15.7. The van der Waals surface area contributed by atoms with E-state index in [9.17, 15) is 79.0 Å². The van der Waals surface area contributed by atoms with E-state index in [0.717, 1.165) is 74.8 Å². The molecule has 0 amide bonds. The van der Waals surface area contributed by atoms with Gasteiger partial charge < -0.3 is 0 Å². The van der Waals surface area contributed by atoms with Gasteiger partial charge in [0.1, 0.15) is 0 Å². The second-order valence-corrected chi connectivity index (χ2v) is 20.1. The molecule has 0 aliphatic heterocycles. The number of halogens is 18. The quantitative estimate of drug-likeness (QED) is 0.0399. The van der Waals surface area contributed by atoms with Gasteiger partial charge in [-0.15, -0.1) is 0 Å². The van der Waals surface area contributed by atoms with Crippen LogP contribution >= 0.6 is 0 Å². The van der Waals surface area contributed by atoms with Crippen LogP contribution in [0.1, 0.15) is 128 Å². The van der Waals surface area contributed by atoms with Crippen LogP contribution in [0.4, 0.5) is 79.0 Å². The van der Waals surface area contributed by atoms with Crippen molar-refractivity contribution in [3.63, 3.8) is 0 Å². The molecule has 0 heterocycles. The first-order chi connectivity index (χ1) is 22.7. The summed E-state index contributed by atoms with van der Waals surface area (Å²) in [5, 5.41) is 2.27. The van der Waals surface area contributed by atoms with Gasteiger partial charge in [0.2, 0.25) is 0 Å². The minimum atomic E-state index is -6.84. The van der Waals surface area contributed by atoms with Crippen molar-refractivity contribution >= 4 is 26.3 Å². The molecule has 50 heavy (non-hydrogen) atoms. The molecule has 0 rings (SSSR count). The van der Waals surface area contributed by atoms with E-state index in [1.807, 2.05) is 0 Å². The Morgan fingerprint density at radius 2 is 0.440 bits per heavy atom. The van der Waals surface area contributed by atoms with Crippen LogP contribution in [0.15, 0.2) is 0 Å². The van der Waals surface area contributed by atoms with Gasteiger partial charge in [-0.3, -0.25) is 0 Å². The zero-order chi connectivity index (χ0) is 39.0. The van der Waals surface area contributed by atoms with E-state index in [0.29, 0.717) is 51.9 Å². The third-order valence-electron chi connectivity index (χ3n) is 7.94. The standard InChI is InChI=1S/C30H44F18Se2/c31-23(32,25(35,36)27(39,40)29(43,44)45)19-15-11-7-3-1-5-9-13-17-21-49-50-22-18-14-10-6-2-4-8-12-16-20-24(33,34)26(37,38)28(41,42)30(46,47)48/h1-22H2. The minimum absolute atomic E-state index is 0.00346. The van der Waals surface area contributed by atoms with Gasteiger partial charge in [0.05, 0.1) is 0 Å². The molecule has 0 aromatic heterocycles. The molecule has 0 N–H and O–H groups in total. The molecule has 20 heteroatoms. The van der Waals surface area contributed by atoms with E-state index in [1.165, 1.54) is 0 Å². The van der Waals surface area contributed by atoms with Crippen LogP contribution in [0.25, 0.3) is 0 Å². The molecule has 0 unspecified atom stereocenters. The minimum Gasteiger partial charge on any atom is -0.200 e. The molecule has 0 aromatic carbocycles. The Bertz CT molecular complexity index is 831. The van der Waals surface area contributed by atoms with Crippen LogP contribution in [-0.2, 0) is 0 Å². The molecule has 0 saturated heterocycles. The molecule has 0 spiro atoms. The fourth-order valence-corrected chi connectivity index (χ4v) is 11.7. The molecule has 0 radical (unpaired) electrons. The average Bonchev–Trinajstić information content (AvgIpc) is 2.97. The van der Waals surface area contributed by atoms with E-state index >= 15 is 0 Å². The zero-order valence-corrected chi connectivity index (χ0v) is 30.6. The number of hydrogen-bond donors (Lipinski definition) is 0. The van der Waals surface area contributed by atoms with Crippen molar-refractivity contribution in [1.82, 2.24) is 0 Å². The summed E-state index contributed by atoms with van der Waals surface area (Å²) in [5.41, 5.74) is 0. The van der Waals surface area contributed by atoms with Crippen LogP contribution in [0.3, 0.4) is 0 Å². The van der Waals surface area contributed by atoms with Gasteiger partial charge >= 0.3 is 213 Å². The molecule has 0 bridgehead atoms. The summed E-state index contributed by atoms with van der Waals surface area (Å²) in [6.07, 6.45) is -7.15. The molecule has 0 atom stereocenters. The van der Waals surface area contributed by atoms with Crippen molar-refractivity contribution in [3.05, 3.63) is 0 Å². The summed E-state index contributed by atoms with van der Waals surface area (Å²) in [6, 6.07) is 0. The van der Waals surface area contributed by atoms with Gasteiger partial charge in [-0.1, -0.05) is 0 Å². The second kappa shape index (κ2) is 21.6. The van der Waals surface area contributed by atoms with E-state index in [2.05, 4.69) is 0 Å². The van der Waals surface area contributed by atoms with Crippen molar-refractivity contribution in [2.24, 2.45) is 0 Å². The molecule has 302 valence electrons. The van der Waals surface area contributed by atoms with E-state index < -0.39 is 73.6 Å². The molecule has 0 aliphatic carbocycles. The molecular weight excluding hydrogens is 860 g/mol. The predicted molar refractivity (Wildman–Crippen MR) is 155 cm³/mol. The maximum atomic E-state index is 13.5. The van der Waals surface area contributed by atoms with E-state index in [-0.39, 0.29) is 12.8 Å². The van der Waals surface area contributed by atoms with Crippen LogP contribution in [0, 0.1) is 0 Å². The molecule has 0 saturated carbocycles. The average molecular weight is 905 g/mol. The fourth-order valence-electron chi connectivity index (χ4n) is 4.74. The van der Waals surface area contributed by atoms with Crippen molar-refractivity contribution in [2.75, 3.05) is 0 Å². The van der Waals surface area contributed by atoms with Crippen LogP contribution in [-0.4, -0.2) is 74.2 Å². The second-order valence-electron chi connectivity index (χ2n) is 12.2. The SMILES string of the molecule is FC(F)(F)C(F)(F)C(F)(F)C(F)(F)CCCCCCCCCCC[Se][Se]CCCCCCCCCCCC(F)(F)C(F)(F)C(F)(F)C(F)(F)F. The van der Waals surface area contributed by atoms with Gasteiger partial charge in [0.25, 0.3) is 0 Å².